The number of carbonyl (C=O) groups is 1. The van der Waals surface area contributed by atoms with Crippen LogP contribution in [0.25, 0.3) is 21.5 Å². The molecule has 9 heteroatoms. The van der Waals surface area contributed by atoms with Crippen molar-refractivity contribution in [2.75, 3.05) is 12.5 Å². The van der Waals surface area contributed by atoms with Gasteiger partial charge >= 0.3 is 0 Å². The minimum Gasteiger partial charge on any atom is -0.454 e. The Morgan fingerprint density at radius 2 is 1.93 bits per heavy atom. The van der Waals surface area contributed by atoms with Crippen LogP contribution in [0.5, 0.6) is 11.5 Å². The third-order valence-corrected chi connectivity index (χ3v) is 6.48. The molecule has 6 nitrogen and oxygen atoms in total. The zero-order valence-corrected chi connectivity index (χ0v) is 17.3. The van der Waals surface area contributed by atoms with Gasteiger partial charge in [-0.15, -0.1) is 21.5 Å². The molecule has 3 heterocycles. The van der Waals surface area contributed by atoms with E-state index >= 15 is 0 Å². The van der Waals surface area contributed by atoms with Gasteiger partial charge in [0.25, 0.3) is 0 Å². The number of aromatic nitrogens is 3. The van der Waals surface area contributed by atoms with Crippen LogP contribution in [0.3, 0.4) is 0 Å². The third-order valence-electron chi connectivity index (χ3n) is 4.54. The molecule has 0 saturated carbocycles. The van der Waals surface area contributed by atoms with Gasteiger partial charge in [-0.05, 0) is 49.4 Å². The molecule has 1 aliphatic heterocycles. The molecule has 4 aromatic rings. The summed E-state index contributed by atoms with van der Waals surface area (Å²) in [5.74, 6) is 1.06. The maximum Gasteiger partial charge on any atom is 0.231 e. The second-order valence-electron chi connectivity index (χ2n) is 6.55. The Morgan fingerprint density at radius 1 is 1.13 bits per heavy atom. The third kappa shape index (κ3) is 3.50. The number of hydrogen-bond donors (Lipinski definition) is 0. The average Bonchev–Trinajstić information content (AvgIpc) is 3.37. The van der Waals surface area contributed by atoms with E-state index < -0.39 is 0 Å². The molecule has 150 valence electrons. The van der Waals surface area contributed by atoms with Crippen LogP contribution in [0.1, 0.15) is 15.4 Å². The molecule has 0 fully saturated rings. The smallest absolute Gasteiger partial charge is 0.231 e. The maximum absolute atomic E-state index is 13.1. The first-order chi connectivity index (χ1) is 14.6. The minimum atomic E-state index is -0.371. The van der Waals surface area contributed by atoms with Gasteiger partial charge in [0.1, 0.15) is 22.1 Å². The van der Waals surface area contributed by atoms with Crippen molar-refractivity contribution in [2.45, 2.75) is 11.9 Å². The molecule has 2 aromatic carbocycles. The molecule has 1 aliphatic rings. The van der Waals surface area contributed by atoms with Crippen LogP contribution in [-0.4, -0.2) is 33.5 Å². The fraction of sp³-hybridized carbons (Fsp3) is 0.143. The SMILES string of the molecule is Cc1nc2c(SCC(=O)c3ccc(F)cc3)nnc(-c3ccc4c(c3)OCO4)c2s1. The highest BCUT2D eigenvalue weighted by Crippen LogP contribution is 2.39. The molecule has 0 spiro atoms. The van der Waals surface area contributed by atoms with E-state index in [9.17, 15) is 9.18 Å². The quantitative estimate of drug-likeness (QED) is 0.323. The largest absolute Gasteiger partial charge is 0.454 e. The molecule has 2 aromatic heterocycles. The molecular formula is C21H14FN3O3S2. The first kappa shape index (κ1) is 19.0. The number of thiazole rings is 1. The number of Topliss-reactive ketones (excluding diaryl/α,β-unsaturated/α-hetero) is 1. The summed E-state index contributed by atoms with van der Waals surface area (Å²) in [7, 11) is 0. The van der Waals surface area contributed by atoms with E-state index in [0.29, 0.717) is 27.8 Å². The number of benzene rings is 2. The number of ketones is 1. The predicted molar refractivity (Wildman–Crippen MR) is 113 cm³/mol. The fourth-order valence-corrected chi connectivity index (χ4v) is 4.91. The predicted octanol–water partition coefficient (Wildman–Crippen LogP) is 4.90. The number of ether oxygens (including phenoxy) is 2. The second-order valence-corrected chi connectivity index (χ2v) is 8.72. The van der Waals surface area contributed by atoms with Crippen molar-refractivity contribution in [2.24, 2.45) is 0 Å². The molecule has 0 aliphatic carbocycles. The topological polar surface area (TPSA) is 74.2 Å². The summed E-state index contributed by atoms with van der Waals surface area (Å²) in [6, 6.07) is 11.2. The number of nitrogens with zero attached hydrogens (tertiary/aromatic N) is 3. The lowest BCUT2D eigenvalue weighted by Crippen LogP contribution is -2.03. The van der Waals surface area contributed by atoms with E-state index in [0.717, 1.165) is 20.8 Å². The molecule has 30 heavy (non-hydrogen) atoms. The van der Waals surface area contributed by atoms with Crippen molar-refractivity contribution in [3.05, 3.63) is 58.9 Å². The van der Waals surface area contributed by atoms with Crippen LogP contribution in [0, 0.1) is 12.7 Å². The van der Waals surface area contributed by atoms with Gasteiger partial charge in [0, 0.05) is 11.1 Å². The fourth-order valence-electron chi connectivity index (χ4n) is 3.10. The number of rotatable bonds is 5. The first-order valence-corrected chi connectivity index (χ1v) is 10.8. The van der Waals surface area contributed by atoms with Gasteiger partial charge in [0.05, 0.1) is 15.5 Å². The number of halogens is 1. The average molecular weight is 439 g/mol. The highest BCUT2D eigenvalue weighted by Gasteiger charge is 2.20. The van der Waals surface area contributed by atoms with Crippen molar-refractivity contribution in [3.8, 4) is 22.8 Å². The molecule has 0 N–H and O–H groups in total. The molecular weight excluding hydrogens is 425 g/mol. The van der Waals surface area contributed by atoms with Gasteiger partial charge in [-0.2, -0.15) is 0 Å². The number of fused-ring (bicyclic) bond motifs is 2. The Hall–Kier alpha value is -3.04. The van der Waals surface area contributed by atoms with Crippen LogP contribution in [0.2, 0.25) is 0 Å². The minimum absolute atomic E-state index is 0.109. The van der Waals surface area contributed by atoms with E-state index in [1.54, 1.807) is 0 Å². The van der Waals surface area contributed by atoms with Gasteiger partial charge in [0.2, 0.25) is 6.79 Å². The van der Waals surface area contributed by atoms with Crippen molar-refractivity contribution >= 4 is 39.1 Å². The van der Waals surface area contributed by atoms with E-state index in [1.165, 1.54) is 47.4 Å². The van der Waals surface area contributed by atoms with Crippen LogP contribution >= 0.6 is 23.1 Å². The van der Waals surface area contributed by atoms with Gasteiger partial charge in [-0.1, -0.05) is 11.8 Å². The number of aryl methyl sites for hydroxylation is 1. The Balaban J connectivity index is 1.45. The van der Waals surface area contributed by atoms with Crippen molar-refractivity contribution in [1.29, 1.82) is 0 Å². The zero-order valence-electron chi connectivity index (χ0n) is 15.7. The van der Waals surface area contributed by atoms with Gasteiger partial charge in [-0.25, -0.2) is 9.37 Å². The van der Waals surface area contributed by atoms with Crippen LogP contribution in [0.4, 0.5) is 4.39 Å². The molecule has 0 atom stereocenters. The lowest BCUT2D eigenvalue weighted by molar-refractivity contribution is 0.102. The maximum atomic E-state index is 13.1. The summed E-state index contributed by atoms with van der Waals surface area (Å²) in [6.45, 7) is 2.13. The Morgan fingerprint density at radius 3 is 2.77 bits per heavy atom. The summed E-state index contributed by atoms with van der Waals surface area (Å²) in [4.78, 5) is 17.0. The lowest BCUT2D eigenvalue weighted by atomic mass is 10.1. The van der Waals surface area contributed by atoms with Crippen molar-refractivity contribution < 1.29 is 18.7 Å². The molecule has 0 saturated heterocycles. The molecule has 0 unspecified atom stereocenters. The van der Waals surface area contributed by atoms with Gasteiger partial charge in [-0.3, -0.25) is 4.79 Å². The number of thioether (sulfide) groups is 1. The summed E-state index contributed by atoms with van der Waals surface area (Å²) in [5.41, 5.74) is 2.75. The standard InChI is InChI=1S/C21H14FN3O3S2/c1-11-23-19-20(30-11)18(13-4-7-16-17(8-13)28-10-27-16)24-25-21(19)29-9-15(26)12-2-5-14(22)6-3-12/h2-8H,9-10H2,1H3. The van der Waals surface area contributed by atoms with Crippen LogP contribution < -0.4 is 9.47 Å². The number of carbonyl (C=O) groups excluding carboxylic acids is 1. The highest BCUT2D eigenvalue weighted by atomic mass is 32.2. The summed E-state index contributed by atoms with van der Waals surface area (Å²) >= 11 is 2.80. The summed E-state index contributed by atoms with van der Waals surface area (Å²) in [5, 5.41) is 10.2. The first-order valence-electron chi connectivity index (χ1n) is 9.04. The summed E-state index contributed by atoms with van der Waals surface area (Å²) in [6.07, 6.45) is 0. The zero-order chi connectivity index (χ0) is 20.7. The van der Waals surface area contributed by atoms with Crippen LogP contribution in [-0.2, 0) is 0 Å². The van der Waals surface area contributed by atoms with Crippen LogP contribution in [0.15, 0.2) is 47.5 Å². The number of hydrogen-bond acceptors (Lipinski definition) is 8. The Labute approximate surface area is 179 Å². The molecule has 5 rings (SSSR count). The van der Waals surface area contributed by atoms with Gasteiger partial charge in [0.15, 0.2) is 17.3 Å². The van der Waals surface area contributed by atoms with Gasteiger partial charge < -0.3 is 9.47 Å². The monoisotopic (exact) mass is 439 g/mol. The highest BCUT2D eigenvalue weighted by molar-refractivity contribution is 8.00. The molecule has 0 bridgehead atoms. The Bertz CT molecular complexity index is 1270. The lowest BCUT2D eigenvalue weighted by Gasteiger charge is -2.06. The molecule has 0 amide bonds. The van der Waals surface area contributed by atoms with E-state index in [1.807, 2.05) is 25.1 Å². The van der Waals surface area contributed by atoms with Crippen molar-refractivity contribution in [3.63, 3.8) is 0 Å². The van der Waals surface area contributed by atoms with E-state index in [4.69, 9.17) is 9.47 Å². The van der Waals surface area contributed by atoms with E-state index in [-0.39, 0.29) is 24.1 Å². The second kappa shape index (κ2) is 7.66. The molecule has 0 radical (unpaired) electrons. The Kier molecular flexibility index (Phi) is 4.84. The van der Waals surface area contributed by atoms with Crippen molar-refractivity contribution in [1.82, 2.24) is 15.2 Å². The van der Waals surface area contributed by atoms with E-state index in [2.05, 4.69) is 15.2 Å². The normalized spacial score (nSPS) is 12.5. The summed E-state index contributed by atoms with van der Waals surface area (Å²) < 4.78 is 24.8.